The summed E-state index contributed by atoms with van der Waals surface area (Å²) in [5.41, 5.74) is -0.999. The molecule has 2 N–H and O–H groups in total. The van der Waals surface area contributed by atoms with Gasteiger partial charge in [-0.05, 0) is 18.9 Å². The van der Waals surface area contributed by atoms with Gasteiger partial charge in [0.1, 0.15) is 5.56 Å². The van der Waals surface area contributed by atoms with Crippen molar-refractivity contribution in [1.29, 1.82) is 0 Å². The summed E-state index contributed by atoms with van der Waals surface area (Å²) in [6, 6.07) is 2.85. The number of anilines is 1. The maximum Gasteiger partial charge on any atom is 0.351 e. The number of thiophene rings is 1. The average molecular weight is 321 g/mol. The van der Waals surface area contributed by atoms with E-state index in [0.29, 0.717) is 15.3 Å². The molecule has 2 heterocycles. The molecule has 0 aromatic carbocycles. The summed E-state index contributed by atoms with van der Waals surface area (Å²) in [7, 11) is 0. The molecule has 0 radical (unpaired) electrons. The van der Waals surface area contributed by atoms with Crippen LogP contribution >= 0.6 is 11.3 Å². The van der Waals surface area contributed by atoms with Gasteiger partial charge in [-0.3, -0.25) is 4.79 Å². The number of carboxylic acid groups (broad SMARTS) is 1. The van der Waals surface area contributed by atoms with Crippen molar-refractivity contribution in [3.8, 4) is 0 Å². The van der Waals surface area contributed by atoms with Crippen LogP contribution in [0.4, 0.5) is 5.00 Å². The minimum absolute atomic E-state index is 0.0212. The van der Waals surface area contributed by atoms with Crippen molar-refractivity contribution in [2.45, 2.75) is 32.1 Å². The van der Waals surface area contributed by atoms with E-state index < -0.39 is 17.2 Å². The molecule has 0 unspecified atom stereocenters. The molecule has 0 atom stereocenters. The van der Waals surface area contributed by atoms with Gasteiger partial charge >= 0.3 is 11.6 Å². The molecule has 1 aliphatic rings. The number of rotatable bonds is 3. The van der Waals surface area contributed by atoms with Crippen LogP contribution < -0.4 is 10.9 Å². The monoisotopic (exact) mass is 321 g/mol. The summed E-state index contributed by atoms with van der Waals surface area (Å²) >= 11 is 1.20. The van der Waals surface area contributed by atoms with E-state index in [1.54, 1.807) is 6.07 Å². The first kappa shape index (κ1) is 14.8. The Hall–Kier alpha value is -2.15. The lowest BCUT2D eigenvalue weighted by atomic mass is 9.89. The van der Waals surface area contributed by atoms with Crippen LogP contribution in [-0.4, -0.2) is 17.0 Å². The lowest BCUT2D eigenvalue weighted by Crippen LogP contribution is -2.24. The van der Waals surface area contributed by atoms with E-state index in [0.717, 1.165) is 25.7 Å². The minimum atomic E-state index is -1.32. The van der Waals surface area contributed by atoms with Gasteiger partial charge in [-0.1, -0.05) is 19.3 Å². The number of aromatic carboxylic acids is 1. The van der Waals surface area contributed by atoms with Crippen LogP contribution in [-0.2, 0) is 4.79 Å². The zero-order valence-corrected chi connectivity index (χ0v) is 12.6. The van der Waals surface area contributed by atoms with E-state index in [-0.39, 0.29) is 11.8 Å². The molecule has 0 saturated heterocycles. The van der Waals surface area contributed by atoms with Gasteiger partial charge in [-0.15, -0.1) is 11.3 Å². The molecule has 2 aromatic rings. The third-order valence-electron chi connectivity index (χ3n) is 3.88. The Balaban J connectivity index is 1.84. The third kappa shape index (κ3) is 2.89. The maximum atomic E-state index is 12.2. The molecular formula is C15H15NO5S. The first-order chi connectivity index (χ1) is 10.5. The number of carbonyl (C=O) groups is 2. The Kier molecular flexibility index (Phi) is 3.98. The lowest BCUT2D eigenvalue weighted by Gasteiger charge is -2.20. The van der Waals surface area contributed by atoms with Crippen molar-refractivity contribution < 1.29 is 19.1 Å². The normalized spacial score (nSPS) is 15.8. The Labute approximate surface area is 129 Å². The van der Waals surface area contributed by atoms with Crippen LogP contribution in [0.25, 0.3) is 10.3 Å². The van der Waals surface area contributed by atoms with Crippen molar-refractivity contribution in [3.05, 3.63) is 28.1 Å². The second-order valence-electron chi connectivity index (χ2n) is 5.42. The molecular weight excluding hydrogens is 306 g/mol. The zero-order valence-electron chi connectivity index (χ0n) is 11.8. The molecule has 1 amide bonds. The standard InChI is InChI=1S/C15H15NO5S/c17-13(8-4-2-1-3-5-8)16-12-7-10-11(22-12)6-9(14(18)19)15(20)21-10/h6-8H,1-5H2,(H,16,17)(H,18,19). The Morgan fingerprint density at radius 1 is 1.23 bits per heavy atom. The molecule has 1 fully saturated rings. The first-order valence-corrected chi connectivity index (χ1v) is 7.98. The van der Waals surface area contributed by atoms with Crippen LogP contribution in [0, 0.1) is 5.92 Å². The van der Waals surface area contributed by atoms with Gasteiger partial charge in [0.25, 0.3) is 0 Å². The zero-order chi connectivity index (χ0) is 15.7. The van der Waals surface area contributed by atoms with E-state index in [1.165, 1.54) is 23.8 Å². The van der Waals surface area contributed by atoms with Gasteiger partial charge in [0, 0.05) is 12.0 Å². The van der Waals surface area contributed by atoms with E-state index in [4.69, 9.17) is 9.52 Å². The maximum absolute atomic E-state index is 12.2. The van der Waals surface area contributed by atoms with Crippen molar-refractivity contribution in [2.75, 3.05) is 5.32 Å². The van der Waals surface area contributed by atoms with Crippen molar-refractivity contribution in [2.24, 2.45) is 5.92 Å². The predicted octanol–water partition coefficient (Wildman–Crippen LogP) is 3.07. The highest BCUT2D eigenvalue weighted by molar-refractivity contribution is 7.22. The number of carboxylic acids is 1. The Morgan fingerprint density at radius 2 is 1.95 bits per heavy atom. The van der Waals surface area contributed by atoms with Crippen LogP contribution in [0.2, 0.25) is 0 Å². The Bertz CT molecular complexity index is 785. The van der Waals surface area contributed by atoms with E-state index >= 15 is 0 Å². The summed E-state index contributed by atoms with van der Waals surface area (Å²) in [6.07, 6.45) is 5.11. The molecule has 7 heteroatoms. The Morgan fingerprint density at radius 3 is 2.64 bits per heavy atom. The van der Waals surface area contributed by atoms with Crippen molar-refractivity contribution >= 4 is 38.5 Å². The molecule has 3 rings (SSSR count). The number of nitrogens with one attached hydrogen (secondary N) is 1. The van der Waals surface area contributed by atoms with E-state index in [2.05, 4.69) is 5.32 Å². The molecule has 22 heavy (non-hydrogen) atoms. The molecule has 1 aliphatic carbocycles. The van der Waals surface area contributed by atoms with Gasteiger partial charge in [-0.2, -0.15) is 0 Å². The minimum Gasteiger partial charge on any atom is -0.477 e. The fourth-order valence-corrected chi connectivity index (χ4v) is 3.65. The predicted molar refractivity (Wildman–Crippen MR) is 82.5 cm³/mol. The van der Waals surface area contributed by atoms with Gasteiger partial charge in [0.15, 0.2) is 5.58 Å². The number of hydrogen-bond acceptors (Lipinski definition) is 5. The SMILES string of the molecule is O=C(O)c1cc2sc(NC(=O)C3CCCCC3)cc2oc1=O. The highest BCUT2D eigenvalue weighted by atomic mass is 32.1. The summed E-state index contributed by atoms with van der Waals surface area (Å²) in [6.45, 7) is 0. The largest absolute Gasteiger partial charge is 0.477 e. The van der Waals surface area contributed by atoms with Gasteiger partial charge in [-0.25, -0.2) is 9.59 Å². The van der Waals surface area contributed by atoms with Crippen LogP contribution in [0.5, 0.6) is 0 Å². The molecule has 6 nitrogen and oxygen atoms in total. The highest BCUT2D eigenvalue weighted by Crippen LogP contribution is 2.31. The van der Waals surface area contributed by atoms with Gasteiger partial charge in [0.05, 0.1) is 9.70 Å². The summed E-state index contributed by atoms with van der Waals surface area (Å²) in [5.74, 6) is -1.32. The number of fused-ring (bicyclic) bond motifs is 1. The average Bonchev–Trinajstić information content (AvgIpc) is 2.88. The molecule has 2 aromatic heterocycles. The number of amides is 1. The fraction of sp³-hybridized carbons (Fsp3) is 0.400. The number of carbonyl (C=O) groups excluding carboxylic acids is 1. The molecule has 116 valence electrons. The summed E-state index contributed by atoms with van der Waals surface area (Å²) in [4.78, 5) is 34.7. The second-order valence-corrected chi connectivity index (χ2v) is 6.50. The quantitative estimate of drug-likeness (QED) is 0.905. The van der Waals surface area contributed by atoms with E-state index in [1.807, 2.05) is 0 Å². The van der Waals surface area contributed by atoms with Crippen molar-refractivity contribution in [3.63, 3.8) is 0 Å². The number of hydrogen-bond donors (Lipinski definition) is 2. The molecule has 0 aliphatic heterocycles. The summed E-state index contributed by atoms with van der Waals surface area (Å²) in [5, 5.41) is 12.3. The molecule has 1 saturated carbocycles. The van der Waals surface area contributed by atoms with E-state index in [9.17, 15) is 14.4 Å². The highest BCUT2D eigenvalue weighted by Gasteiger charge is 2.22. The lowest BCUT2D eigenvalue weighted by molar-refractivity contribution is -0.120. The summed E-state index contributed by atoms with van der Waals surface area (Å²) < 4.78 is 5.51. The van der Waals surface area contributed by atoms with Crippen LogP contribution in [0.3, 0.4) is 0 Å². The second kappa shape index (κ2) is 5.92. The first-order valence-electron chi connectivity index (χ1n) is 7.16. The van der Waals surface area contributed by atoms with Crippen molar-refractivity contribution in [1.82, 2.24) is 0 Å². The fourth-order valence-electron chi connectivity index (χ4n) is 2.71. The smallest absolute Gasteiger partial charge is 0.351 e. The molecule has 0 spiro atoms. The topological polar surface area (TPSA) is 96.6 Å². The van der Waals surface area contributed by atoms with Crippen LogP contribution in [0.15, 0.2) is 21.3 Å². The third-order valence-corrected chi connectivity index (χ3v) is 4.85. The van der Waals surface area contributed by atoms with Gasteiger partial charge in [0.2, 0.25) is 5.91 Å². The van der Waals surface area contributed by atoms with Crippen LogP contribution in [0.1, 0.15) is 42.5 Å². The molecule has 0 bridgehead atoms. The van der Waals surface area contributed by atoms with Gasteiger partial charge < -0.3 is 14.8 Å².